The molecule has 0 unspecified atom stereocenters. The van der Waals surface area contributed by atoms with Gasteiger partial charge in [0.25, 0.3) is 11.5 Å². The number of rotatable bonds is 3. The Morgan fingerprint density at radius 1 is 1.28 bits per heavy atom. The first-order valence-electron chi connectivity index (χ1n) is 8.30. The van der Waals surface area contributed by atoms with Crippen molar-refractivity contribution in [1.29, 1.82) is 0 Å². The molecule has 0 aliphatic carbocycles. The van der Waals surface area contributed by atoms with Gasteiger partial charge in [-0.2, -0.15) is 0 Å². The Morgan fingerprint density at radius 3 is 2.76 bits per heavy atom. The van der Waals surface area contributed by atoms with Crippen molar-refractivity contribution >= 4 is 33.4 Å². The van der Waals surface area contributed by atoms with Crippen molar-refractivity contribution in [1.82, 2.24) is 14.5 Å². The van der Waals surface area contributed by atoms with E-state index in [1.165, 1.54) is 4.90 Å². The van der Waals surface area contributed by atoms with Crippen molar-refractivity contribution in [3.8, 4) is 0 Å². The van der Waals surface area contributed by atoms with Gasteiger partial charge in [-0.15, -0.1) is 11.3 Å². The van der Waals surface area contributed by atoms with Crippen LogP contribution in [-0.2, 0) is 22.5 Å². The minimum absolute atomic E-state index is 0.0842. The fourth-order valence-electron chi connectivity index (χ4n) is 2.93. The van der Waals surface area contributed by atoms with Gasteiger partial charge in [0, 0.05) is 27.1 Å². The first kappa shape index (κ1) is 17.6. The number of aromatic nitrogens is 2. The first-order chi connectivity index (χ1) is 11.9. The van der Waals surface area contributed by atoms with E-state index in [0.717, 1.165) is 42.8 Å². The zero-order chi connectivity index (χ0) is 18.1. The summed E-state index contributed by atoms with van der Waals surface area (Å²) in [5.74, 6) is -0.0914. The predicted octanol–water partition coefficient (Wildman–Crippen LogP) is 1.74. The normalized spacial score (nSPS) is 14.0. The number of ether oxygens (including phenoxy) is 1. The van der Waals surface area contributed by atoms with Crippen LogP contribution >= 0.6 is 11.3 Å². The number of esters is 1. The van der Waals surface area contributed by atoms with E-state index in [2.05, 4.69) is 4.98 Å². The fourth-order valence-corrected chi connectivity index (χ4v) is 4.01. The monoisotopic (exact) mass is 363 g/mol. The molecule has 0 aromatic carbocycles. The van der Waals surface area contributed by atoms with E-state index >= 15 is 0 Å². The van der Waals surface area contributed by atoms with Crippen LogP contribution in [0, 0.1) is 6.92 Å². The molecule has 0 saturated heterocycles. The first-order valence-corrected chi connectivity index (χ1v) is 9.12. The van der Waals surface area contributed by atoms with Crippen LogP contribution < -0.4 is 5.56 Å². The summed E-state index contributed by atoms with van der Waals surface area (Å²) in [6.45, 7) is 2.09. The molecule has 0 saturated carbocycles. The SMILES string of the molecule is Cc1c(C(=O)OCC(=O)N(C)C)sc2nc3n(c(=O)c12)CCCCC3. The molecule has 0 N–H and O–H groups in total. The minimum Gasteiger partial charge on any atom is -0.451 e. The van der Waals surface area contributed by atoms with E-state index in [0.29, 0.717) is 27.2 Å². The summed E-state index contributed by atoms with van der Waals surface area (Å²) in [5, 5.41) is 0.488. The fraction of sp³-hybridized carbons (Fsp3) is 0.529. The van der Waals surface area contributed by atoms with Gasteiger partial charge in [0.15, 0.2) is 6.61 Å². The summed E-state index contributed by atoms with van der Waals surface area (Å²) in [4.78, 5) is 43.7. The Morgan fingerprint density at radius 2 is 2.04 bits per heavy atom. The lowest BCUT2D eigenvalue weighted by atomic mass is 10.2. The van der Waals surface area contributed by atoms with Gasteiger partial charge in [0.2, 0.25) is 0 Å². The van der Waals surface area contributed by atoms with Crippen LogP contribution in [0.5, 0.6) is 0 Å². The number of fused-ring (bicyclic) bond motifs is 2. The van der Waals surface area contributed by atoms with Crippen LogP contribution in [0.15, 0.2) is 4.79 Å². The van der Waals surface area contributed by atoms with Crippen molar-refractivity contribution in [3.63, 3.8) is 0 Å². The highest BCUT2D eigenvalue weighted by Gasteiger charge is 2.23. The molecule has 0 fully saturated rings. The second-order valence-corrected chi connectivity index (χ2v) is 7.40. The van der Waals surface area contributed by atoms with Gasteiger partial charge in [0.05, 0.1) is 5.39 Å². The summed E-state index contributed by atoms with van der Waals surface area (Å²) >= 11 is 1.16. The van der Waals surface area contributed by atoms with Gasteiger partial charge in [-0.05, 0) is 25.3 Å². The van der Waals surface area contributed by atoms with Gasteiger partial charge < -0.3 is 9.64 Å². The number of aryl methyl sites for hydroxylation is 2. The zero-order valence-electron chi connectivity index (χ0n) is 14.6. The maximum Gasteiger partial charge on any atom is 0.349 e. The largest absolute Gasteiger partial charge is 0.451 e. The van der Waals surface area contributed by atoms with Gasteiger partial charge in [-0.25, -0.2) is 9.78 Å². The molecular weight excluding hydrogens is 342 g/mol. The topological polar surface area (TPSA) is 81.5 Å². The molecule has 0 spiro atoms. The van der Waals surface area contributed by atoms with Crippen molar-refractivity contribution in [2.24, 2.45) is 0 Å². The third kappa shape index (κ3) is 3.30. The van der Waals surface area contributed by atoms with Gasteiger partial charge in [-0.3, -0.25) is 14.2 Å². The van der Waals surface area contributed by atoms with Crippen LogP contribution in [0.2, 0.25) is 0 Å². The third-order valence-electron chi connectivity index (χ3n) is 4.42. The number of carbonyl (C=O) groups is 2. The van der Waals surface area contributed by atoms with E-state index in [4.69, 9.17) is 4.74 Å². The number of hydrogen-bond donors (Lipinski definition) is 0. The Kier molecular flexibility index (Phi) is 4.89. The number of nitrogens with zero attached hydrogens (tertiary/aromatic N) is 3. The average molecular weight is 363 g/mol. The molecule has 0 bridgehead atoms. The molecule has 1 aliphatic heterocycles. The van der Waals surface area contributed by atoms with E-state index in [1.807, 2.05) is 0 Å². The van der Waals surface area contributed by atoms with Crippen LogP contribution in [0.4, 0.5) is 0 Å². The lowest BCUT2D eigenvalue weighted by molar-refractivity contribution is -0.131. The average Bonchev–Trinajstić information content (AvgIpc) is 2.75. The van der Waals surface area contributed by atoms with Gasteiger partial charge in [-0.1, -0.05) is 6.42 Å². The Balaban J connectivity index is 1.97. The highest BCUT2D eigenvalue weighted by atomic mass is 32.1. The second-order valence-electron chi connectivity index (χ2n) is 6.40. The molecule has 0 radical (unpaired) electrons. The van der Waals surface area contributed by atoms with Crippen molar-refractivity contribution in [3.05, 3.63) is 26.6 Å². The predicted molar refractivity (Wildman–Crippen MR) is 95.1 cm³/mol. The van der Waals surface area contributed by atoms with E-state index in [-0.39, 0.29) is 18.1 Å². The molecule has 0 atom stereocenters. The quantitative estimate of drug-likeness (QED) is 0.776. The number of carbonyl (C=O) groups excluding carboxylic acids is 2. The minimum atomic E-state index is -0.588. The van der Waals surface area contributed by atoms with E-state index < -0.39 is 5.97 Å². The molecule has 3 rings (SSSR count). The van der Waals surface area contributed by atoms with E-state index in [9.17, 15) is 14.4 Å². The number of likely N-dealkylation sites (N-methyl/N-ethyl adjacent to an activating group) is 1. The molecule has 3 heterocycles. The van der Waals surface area contributed by atoms with Crippen molar-refractivity contribution in [2.45, 2.75) is 39.2 Å². The standard InChI is InChI=1S/C17H21N3O4S/c1-10-13-15(18-11-7-5-4-6-8-20(11)16(13)22)25-14(10)17(23)24-9-12(21)19(2)3/h4-9H2,1-3H3. The summed E-state index contributed by atoms with van der Waals surface area (Å²) in [6, 6.07) is 0. The number of thiophene rings is 1. The van der Waals surface area contributed by atoms with Crippen molar-refractivity contribution in [2.75, 3.05) is 20.7 Å². The highest BCUT2D eigenvalue weighted by molar-refractivity contribution is 7.20. The molecule has 134 valence electrons. The molecule has 25 heavy (non-hydrogen) atoms. The summed E-state index contributed by atoms with van der Waals surface area (Å²) in [5.41, 5.74) is 0.499. The smallest absolute Gasteiger partial charge is 0.349 e. The number of hydrogen-bond acceptors (Lipinski definition) is 6. The third-order valence-corrected chi connectivity index (χ3v) is 5.59. The summed E-state index contributed by atoms with van der Waals surface area (Å²) in [7, 11) is 3.19. The summed E-state index contributed by atoms with van der Waals surface area (Å²) in [6.07, 6.45) is 3.85. The highest BCUT2D eigenvalue weighted by Crippen LogP contribution is 2.28. The molecule has 1 amide bonds. The molecule has 7 nitrogen and oxygen atoms in total. The maximum atomic E-state index is 12.9. The molecule has 2 aromatic rings. The van der Waals surface area contributed by atoms with Crippen LogP contribution in [0.1, 0.15) is 40.3 Å². The van der Waals surface area contributed by atoms with Crippen LogP contribution in [0.25, 0.3) is 10.2 Å². The summed E-state index contributed by atoms with van der Waals surface area (Å²) < 4.78 is 6.83. The molecule has 8 heteroatoms. The number of amides is 1. The molecular formula is C17H21N3O4S. The Bertz CT molecular complexity index is 897. The molecule has 1 aliphatic rings. The van der Waals surface area contributed by atoms with Gasteiger partial charge >= 0.3 is 5.97 Å². The second kappa shape index (κ2) is 6.95. The zero-order valence-corrected chi connectivity index (χ0v) is 15.4. The van der Waals surface area contributed by atoms with E-state index in [1.54, 1.807) is 25.6 Å². The Labute approximate surface area is 149 Å². The lowest BCUT2D eigenvalue weighted by Crippen LogP contribution is -2.27. The van der Waals surface area contributed by atoms with Crippen LogP contribution in [-0.4, -0.2) is 47.0 Å². The van der Waals surface area contributed by atoms with Gasteiger partial charge in [0.1, 0.15) is 15.5 Å². The van der Waals surface area contributed by atoms with Crippen LogP contribution in [0.3, 0.4) is 0 Å². The maximum absolute atomic E-state index is 12.9. The van der Waals surface area contributed by atoms with Crippen molar-refractivity contribution < 1.29 is 14.3 Å². The Hall–Kier alpha value is -2.22. The lowest BCUT2D eigenvalue weighted by Gasteiger charge is -2.10. The molecule has 2 aromatic heterocycles.